The van der Waals surface area contributed by atoms with Gasteiger partial charge < -0.3 is 18.6 Å². The molecule has 4 aromatic rings. The summed E-state index contributed by atoms with van der Waals surface area (Å²) < 4.78 is 94.3. The van der Waals surface area contributed by atoms with E-state index >= 15 is 0 Å². The molecule has 4 aliphatic rings. The largest absolute Gasteiger partial charge is 0.444 e. The second-order valence-electron chi connectivity index (χ2n) is 14.3. The minimum absolute atomic E-state index is 0.00253. The molecule has 0 unspecified atom stereocenters. The Morgan fingerprint density at radius 3 is 2.48 bits per heavy atom. The first-order valence-corrected chi connectivity index (χ1v) is 19.3. The van der Waals surface area contributed by atoms with Crippen LogP contribution < -0.4 is 20.7 Å². The number of sulfonamides is 1. The molecule has 2 bridgehead atoms. The van der Waals surface area contributed by atoms with Crippen molar-refractivity contribution < 1.29 is 45.0 Å². The van der Waals surface area contributed by atoms with Crippen LogP contribution in [-0.2, 0) is 36.4 Å². The minimum Gasteiger partial charge on any atom is -0.444 e. The Morgan fingerprint density at radius 1 is 1.15 bits per heavy atom. The van der Waals surface area contributed by atoms with Crippen LogP contribution in [0.4, 0.5) is 13.2 Å². The summed E-state index contributed by atoms with van der Waals surface area (Å²) in [4.78, 5) is 47.7. The van der Waals surface area contributed by atoms with Crippen LogP contribution >= 0.6 is 11.3 Å². The van der Waals surface area contributed by atoms with Crippen molar-refractivity contribution in [3.8, 4) is 16.5 Å². The average molecular weight is 765 g/mol. The van der Waals surface area contributed by atoms with Crippen molar-refractivity contribution in [3.05, 3.63) is 68.4 Å². The zero-order chi connectivity index (χ0) is 36.7. The van der Waals surface area contributed by atoms with Crippen LogP contribution in [0.3, 0.4) is 0 Å². The van der Waals surface area contributed by atoms with Gasteiger partial charge in [0.2, 0.25) is 15.9 Å². The molecule has 4 atom stereocenters. The number of ether oxygens (including phenoxy) is 3. The first-order valence-electron chi connectivity index (χ1n) is 17.0. The molecule has 3 aromatic heterocycles. The summed E-state index contributed by atoms with van der Waals surface area (Å²) >= 11 is 1.01. The molecule has 0 spiro atoms. The Hall–Kier alpha value is -4.00. The molecule has 1 amide bonds. The van der Waals surface area contributed by atoms with Gasteiger partial charge in [-0.05, 0) is 89.0 Å². The number of fused-ring (bicyclic) bond motifs is 3. The molecule has 52 heavy (non-hydrogen) atoms. The highest BCUT2D eigenvalue weighted by Gasteiger charge is 2.58. The maximum Gasteiger partial charge on any atom is 0.387 e. The van der Waals surface area contributed by atoms with Gasteiger partial charge in [0.15, 0.2) is 0 Å². The monoisotopic (exact) mass is 764 g/mol. The van der Waals surface area contributed by atoms with Gasteiger partial charge in [-0.25, -0.2) is 27.2 Å². The highest BCUT2D eigenvalue weighted by molar-refractivity contribution is 7.91. The van der Waals surface area contributed by atoms with Crippen LogP contribution in [0.1, 0.15) is 75.5 Å². The number of hydrogen-bond donors (Lipinski definition) is 1. The number of amides is 1. The Bertz CT molecular complexity index is 2280. The summed E-state index contributed by atoms with van der Waals surface area (Å²) in [6, 6.07) is 3.03. The van der Waals surface area contributed by atoms with E-state index in [1.165, 1.54) is 24.0 Å². The van der Waals surface area contributed by atoms with Gasteiger partial charge in [-0.2, -0.15) is 8.78 Å². The van der Waals surface area contributed by atoms with E-state index < -0.39 is 68.6 Å². The molecule has 2 aliphatic heterocycles. The summed E-state index contributed by atoms with van der Waals surface area (Å²) in [6.07, 6.45) is 4.14. The zero-order valence-electron chi connectivity index (χ0n) is 28.1. The van der Waals surface area contributed by atoms with Gasteiger partial charge in [0.1, 0.15) is 34.3 Å². The standard InChI is InChI=1S/C34H35F3N4O9S2/c1-17-25-28(42)41(34(9-10-34)30(43)39-52(45,46)33(2)7-8-33)32(44)40(29(25)51-26(17)27-38-11-12-47-27)16-24(49-21-14-19-4-5-20(15-21)48-19)22-13-18(35)3-6-23(22)50-31(36)37/h3,6,11-13,19-21,24,31H,4-5,7-10,14-16H2,1-2H3,(H,39,43)/t19-,20+,21+,24-/m0/s1. The normalized spacial score (nSPS) is 23.5. The smallest absolute Gasteiger partial charge is 0.387 e. The Morgan fingerprint density at radius 2 is 1.87 bits per heavy atom. The third-order valence-electron chi connectivity index (χ3n) is 10.7. The second-order valence-corrected chi connectivity index (χ2v) is 17.5. The Kier molecular flexibility index (Phi) is 8.46. The lowest BCUT2D eigenvalue weighted by Crippen LogP contribution is -2.53. The number of carbonyl (C=O) groups is 1. The number of alkyl halides is 2. The van der Waals surface area contributed by atoms with Gasteiger partial charge in [-0.1, -0.05) is 0 Å². The molecule has 278 valence electrons. The van der Waals surface area contributed by atoms with Gasteiger partial charge >= 0.3 is 12.3 Å². The topological polar surface area (TPSA) is 161 Å². The van der Waals surface area contributed by atoms with Crippen molar-refractivity contribution in [3.63, 3.8) is 0 Å². The lowest BCUT2D eigenvalue weighted by molar-refractivity contribution is -0.124. The summed E-state index contributed by atoms with van der Waals surface area (Å²) in [5, 5.41) is 0.0417. The van der Waals surface area contributed by atoms with Crippen LogP contribution in [0.25, 0.3) is 21.0 Å². The van der Waals surface area contributed by atoms with E-state index in [0.29, 0.717) is 36.1 Å². The number of hydrogen-bond acceptors (Lipinski definition) is 11. The molecule has 5 heterocycles. The predicted octanol–water partition coefficient (Wildman–Crippen LogP) is 4.88. The summed E-state index contributed by atoms with van der Waals surface area (Å²) in [6.45, 7) is -0.547. The number of aryl methyl sites for hydroxylation is 1. The zero-order valence-corrected chi connectivity index (χ0v) is 29.7. The lowest BCUT2D eigenvalue weighted by Gasteiger charge is -2.32. The molecular weight excluding hydrogens is 730 g/mol. The molecular formula is C34H35F3N4O9S2. The first kappa shape index (κ1) is 35.1. The summed E-state index contributed by atoms with van der Waals surface area (Å²) in [7, 11) is -4.13. The van der Waals surface area contributed by atoms with Crippen molar-refractivity contribution in [1.29, 1.82) is 0 Å². The highest BCUT2D eigenvalue weighted by atomic mass is 32.2. The van der Waals surface area contributed by atoms with Crippen molar-refractivity contribution in [2.24, 2.45) is 0 Å². The Labute approximate surface area is 298 Å². The van der Waals surface area contributed by atoms with Crippen molar-refractivity contribution in [2.75, 3.05) is 0 Å². The number of aromatic nitrogens is 3. The molecule has 0 radical (unpaired) electrons. The van der Waals surface area contributed by atoms with E-state index in [9.17, 15) is 36.0 Å². The van der Waals surface area contributed by atoms with Crippen LogP contribution in [0.2, 0.25) is 0 Å². The maximum absolute atomic E-state index is 14.9. The van der Waals surface area contributed by atoms with Crippen LogP contribution in [0, 0.1) is 12.7 Å². The van der Waals surface area contributed by atoms with E-state index in [1.54, 1.807) is 6.92 Å². The van der Waals surface area contributed by atoms with Crippen LogP contribution in [-0.4, -0.2) is 58.1 Å². The van der Waals surface area contributed by atoms with Crippen molar-refractivity contribution in [2.45, 2.75) is 113 Å². The van der Waals surface area contributed by atoms with Gasteiger partial charge in [-0.3, -0.25) is 18.9 Å². The van der Waals surface area contributed by atoms with Crippen molar-refractivity contribution in [1.82, 2.24) is 18.8 Å². The molecule has 8 rings (SSSR count). The average Bonchev–Trinajstić information content (AvgIpc) is 3.89. The number of nitrogens with one attached hydrogen (secondary N) is 1. The molecule has 2 saturated carbocycles. The molecule has 13 nitrogen and oxygen atoms in total. The molecule has 2 saturated heterocycles. The number of halogens is 3. The number of rotatable bonds is 12. The van der Waals surface area contributed by atoms with E-state index in [1.807, 2.05) is 0 Å². The van der Waals surface area contributed by atoms with Crippen LogP contribution in [0.5, 0.6) is 5.75 Å². The maximum atomic E-state index is 14.9. The van der Waals surface area contributed by atoms with E-state index in [2.05, 4.69) is 9.71 Å². The third kappa shape index (κ3) is 5.96. The lowest BCUT2D eigenvalue weighted by atomic mass is 10.0. The van der Waals surface area contributed by atoms with Gasteiger partial charge in [0, 0.05) is 5.56 Å². The predicted molar refractivity (Wildman–Crippen MR) is 180 cm³/mol. The van der Waals surface area contributed by atoms with Crippen molar-refractivity contribution >= 4 is 37.5 Å². The van der Waals surface area contributed by atoms with Crippen LogP contribution in [0.15, 0.2) is 44.7 Å². The third-order valence-corrected chi connectivity index (χ3v) is 14.2. The fourth-order valence-electron chi connectivity index (χ4n) is 7.39. The summed E-state index contributed by atoms with van der Waals surface area (Å²) in [5.41, 5.74) is -3.32. The Balaban J connectivity index is 1.30. The van der Waals surface area contributed by atoms with E-state index in [-0.39, 0.29) is 52.5 Å². The molecule has 1 N–H and O–H groups in total. The minimum atomic E-state index is -4.13. The van der Waals surface area contributed by atoms with Gasteiger partial charge in [0.25, 0.3) is 11.5 Å². The SMILES string of the molecule is Cc1c(-c2ncco2)sc2c1c(=O)n(C1(C(=O)NS(=O)(=O)C3(C)CC3)CC1)c(=O)n2C[C@H](O[C@H]1C[C@H]2CC[C@@H](C1)O2)c1cc(F)ccc1OC(F)F. The van der Waals surface area contributed by atoms with Gasteiger partial charge in [-0.15, -0.1) is 11.3 Å². The number of carbonyl (C=O) groups excluding carboxylic acids is 1. The number of oxazole rings is 1. The molecule has 1 aromatic carbocycles. The molecule has 4 fully saturated rings. The number of thiophene rings is 1. The van der Waals surface area contributed by atoms with E-state index in [4.69, 9.17) is 18.6 Å². The molecule has 2 aliphatic carbocycles. The van der Waals surface area contributed by atoms with E-state index in [0.717, 1.165) is 46.9 Å². The highest BCUT2D eigenvalue weighted by Crippen LogP contribution is 2.46. The fraction of sp³-hybridized carbons (Fsp3) is 0.529. The first-order chi connectivity index (χ1) is 24.7. The summed E-state index contributed by atoms with van der Waals surface area (Å²) in [5.74, 6) is -1.98. The molecule has 18 heteroatoms. The fourth-order valence-corrected chi connectivity index (χ4v) is 9.95. The number of nitrogens with zero attached hydrogens (tertiary/aromatic N) is 3. The quantitative estimate of drug-likeness (QED) is 0.211. The second kappa shape index (κ2) is 12.6. The van der Waals surface area contributed by atoms with Gasteiger partial charge in [0.05, 0.1) is 46.1 Å². The number of benzene rings is 1.